The first-order valence-corrected chi connectivity index (χ1v) is 14.5. The summed E-state index contributed by atoms with van der Waals surface area (Å²) in [5.41, 5.74) is 6.80. The number of piperidine rings is 1. The van der Waals surface area contributed by atoms with Crippen molar-refractivity contribution in [2.75, 3.05) is 18.4 Å². The van der Waals surface area contributed by atoms with E-state index in [2.05, 4.69) is 39.1 Å². The Labute approximate surface area is 244 Å². The van der Waals surface area contributed by atoms with Crippen molar-refractivity contribution in [2.24, 2.45) is 5.92 Å². The summed E-state index contributed by atoms with van der Waals surface area (Å²) < 4.78 is 2.12. The Morgan fingerprint density at radius 2 is 1.80 bits per heavy atom. The van der Waals surface area contributed by atoms with Crippen molar-refractivity contribution < 1.29 is 4.79 Å². The molecule has 6 rings (SSSR count). The summed E-state index contributed by atoms with van der Waals surface area (Å²) in [4.78, 5) is 24.1. The minimum Gasteiger partial charge on any atom is -0.337 e. The molecule has 6 nitrogen and oxygen atoms in total. The summed E-state index contributed by atoms with van der Waals surface area (Å²) in [6.07, 6.45) is 13.6. The third kappa shape index (κ3) is 5.79. The number of halogens is 2. The second-order valence-electron chi connectivity index (χ2n) is 10.5. The van der Waals surface area contributed by atoms with Gasteiger partial charge in [0.1, 0.15) is 0 Å². The first-order chi connectivity index (χ1) is 19.5. The Bertz CT molecular complexity index is 1510. The summed E-state index contributed by atoms with van der Waals surface area (Å²) in [5.74, 6) is 0.485. The van der Waals surface area contributed by atoms with Crippen molar-refractivity contribution in [2.45, 2.75) is 38.1 Å². The van der Waals surface area contributed by atoms with Crippen LogP contribution in [0.2, 0.25) is 10.0 Å². The van der Waals surface area contributed by atoms with Crippen LogP contribution in [0.15, 0.2) is 79.5 Å². The van der Waals surface area contributed by atoms with Gasteiger partial charge >= 0.3 is 6.03 Å². The molecule has 0 spiro atoms. The third-order valence-corrected chi connectivity index (χ3v) is 8.50. The number of rotatable bonds is 6. The fourth-order valence-electron chi connectivity index (χ4n) is 6.03. The molecule has 40 heavy (non-hydrogen) atoms. The van der Waals surface area contributed by atoms with Gasteiger partial charge in [0.15, 0.2) is 0 Å². The summed E-state index contributed by atoms with van der Waals surface area (Å²) in [7, 11) is 0. The van der Waals surface area contributed by atoms with E-state index in [0.29, 0.717) is 24.0 Å². The molecule has 1 saturated heterocycles. The highest BCUT2D eigenvalue weighted by atomic mass is 35.5. The van der Waals surface area contributed by atoms with Crippen LogP contribution in [0.5, 0.6) is 0 Å². The van der Waals surface area contributed by atoms with Crippen molar-refractivity contribution in [3.63, 3.8) is 0 Å². The summed E-state index contributed by atoms with van der Waals surface area (Å²) in [6, 6.07) is 17.6. The Balaban J connectivity index is 1.23. The van der Waals surface area contributed by atoms with Crippen molar-refractivity contribution >= 4 is 46.6 Å². The van der Waals surface area contributed by atoms with Gasteiger partial charge in [0, 0.05) is 59.9 Å². The largest absolute Gasteiger partial charge is 0.337 e. The number of pyridine rings is 1. The molecule has 2 aromatic carbocycles. The van der Waals surface area contributed by atoms with Gasteiger partial charge in [-0.25, -0.2) is 9.78 Å². The zero-order valence-corrected chi connectivity index (χ0v) is 23.7. The van der Waals surface area contributed by atoms with Gasteiger partial charge in [0.25, 0.3) is 0 Å². The lowest BCUT2D eigenvalue weighted by molar-refractivity contribution is 0.177. The molecule has 0 saturated carbocycles. The van der Waals surface area contributed by atoms with Gasteiger partial charge in [0.2, 0.25) is 0 Å². The van der Waals surface area contributed by atoms with Crippen LogP contribution in [0.4, 0.5) is 10.5 Å². The van der Waals surface area contributed by atoms with Gasteiger partial charge in [-0.15, -0.1) is 0 Å². The third-order valence-electron chi connectivity index (χ3n) is 8.01. The van der Waals surface area contributed by atoms with Crippen LogP contribution in [0.25, 0.3) is 11.6 Å². The molecule has 4 aromatic rings. The van der Waals surface area contributed by atoms with Gasteiger partial charge in [-0.3, -0.25) is 4.98 Å². The SMILES string of the molecule is O=C(Nc1ccc(Cl)cc1)N1CCC(C2c3ccc(Cl)cc3C=C(CCCn3ccnc3)c3cccnc32)CC1. The zero-order valence-electron chi connectivity index (χ0n) is 22.1. The van der Waals surface area contributed by atoms with Crippen LogP contribution < -0.4 is 5.32 Å². The van der Waals surface area contributed by atoms with Crippen LogP contribution in [-0.4, -0.2) is 38.6 Å². The number of likely N-dealkylation sites (tertiary alicyclic amines) is 1. The fourth-order valence-corrected chi connectivity index (χ4v) is 6.34. The standard InChI is InChI=1S/C32H31Cl2N5O/c33-25-5-8-27(9-6-25)37-32(40)39-16-11-22(12-17-39)30-28-10-7-26(34)20-24(28)19-23(29-4-1-13-36-31(29)30)3-2-15-38-18-14-35-21-38/h1,4-10,13-14,18-22,30H,2-3,11-12,15-17H2,(H,37,40). The Morgan fingerprint density at radius 1 is 1.00 bits per heavy atom. The molecule has 1 atom stereocenters. The minimum atomic E-state index is -0.0748. The zero-order chi connectivity index (χ0) is 27.5. The molecule has 2 aliphatic rings. The van der Waals surface area contributed by atoms with E-state index in [0.717, 1.165) is 54.2 Å². The number of aromatic nitrogens is 3. The van der Waals surface area contributed by atoms with E-state index in [4.69, 9.17) is 28.2 Å². The van der Waals surface area contributed by atoms with Crippen molar-refractivity contribution in [3.05, 3.63) is 112 Å². The first-order valence-electron chi connectivity index (χ1n) is 13.8. The molecule has 1 N–H and O–H groups in total. The smallest absolute Gasteiger partial charge is 0.321 e. The van der Waals surface area contributed by atoms with E-state index in [1.165, 1.54) is 16.7 Å². The second-order valence-corrected chi connectivity index (χ2v) is 11.4. The number of anilines is 1. The summed E-state index contributed by atoms with van der Waals surface area (Å²) in [5, 5.41) is 4.39. The maximum atomic E-state index is 13.0. The summed E-state index contributed by atoms with van der Waals surface area (Å²) >= 11 is 12.5. The van der Waals surface area contributed by atoms with E-state index >= 15 is 0 Å². The monoisotopic (exact) mass is 571 g/mol. The van der Waals surface area contributed by atoms with Crippen LogP contribution in [0.1, 0.15) is 54.0 Å². The lowest BCUT2D eigenvalue weighted by atomic mass is 9.76. The van der Waals surface area contributed by atoms with Crippen LogP contribution in [-0.2, 0) is 6.54 Å². The van der Waals surface area contributed by atoms with Crippen LogP contribution >= 0.6 is 23.2 Å². The molecule has 1 aliphatic carbocycles. The Kier molecular flexibility index (Phi) is 7.89. The molecule has 204 valence electrons. The maximum absolute atomic E-state index is 13.0. The summed E-state index contributed by atoms with van der Waals surface area (Å²) in [6.45, 7) is 2.29. The van der Waals surface area contributed by atoms with Crippen molar-refractivity contribution in [1.29, 1.82) is 0 Å². The van der Waals surface area contributed by atoms with E-state index in [1.54, 1.807) is 12.1 Å². The molecule has 0 bridgehead atoms. The number of nitrogens with zero attached hydrogens (tertiary/aromatic N) is 4. The molecule has 1 fully saturated rings. The molecule has 2 aromatic heterocycles. The number of urea groups is 1. The number of carbonyl (C=O) groups is 1. The molecule has 3 heterocycles. The predicted molar refractivity (Wildman–Crippen MR) is 162 cm³/mol. The quantitative estimate of drug-likeness (QED) is 0.255. The lowest BCUT2D eigenvalue weighted by Crippen LogP contribution is -2.42. The van der Waals surface area contributed by atoms with Gasteiger partial charge in [-0.2, -0.15) is 0 Å². The number of fused-ring (bicyclic) bond motifs is 2. The Hall–Kier alpha value is -3.61. The van der Waals surface area contributed by atoms with E-state index in [-0.39, 0.29) is 11.9 Å². The average Bonchev–Trinajstić information content (AvgIpc) is 3.45. The fraction of sp³-hybridized carbons (Fsp3) is 0.281. The van der Waals surface area contributed by atoms with Crippen LogP contribution in [0, 0.1) is 5.92 Å². The van der Waals surface area contributed by atoms with E-state index < -0.39 is 0 Å². The predicted octanol–water partition coefficient (Wildman–Crippen LogP) is 8.00. The molecular weight excluding hydrogens is 541 g/mol. The normalized spacial score (nSPS) is 17.0. The first kappa shape index (κ1) is 26.6. The highest BCUT2D eigenvalue weighted by Gasteiger charge is 2.35. The molecular formula is C32H31Cl2N5O. The number of imidazole rings is 1. The van der Waals surface area contributed by atoms with Gasteiger partial charge in [-0.05, 0) is 96.3 Å². The second kappa shape index (κ2) is 11.9. The highest BCUT2D eigenvalue weighted by molar-refractivity contribution is 6.31. The number of hydrogen-bond acceptors (Lipinski definition) is 3. The number of aryl methyl sites for hydroxylation is 1. The molecule has 1 unspecified atom stereocenters. The molecule has 1 aliphatic heterocycles. The van der Waals surface area contributed by atoms with Crippen molar-refractivity contribution in [1.82, 2.24) is 19.4 Å². The molecule has 0 radical (unpaired) electrons. The minimum absolute atomic E-state index is 0.0748. The maximum Gasteiger partial charge on any atom is 0.321 e. The van der Waals surface area contributed by atoms with Gasteiger partial charge in [-0.1, -0.05) is 41.4 Å². The Morgan fingerprint density at radius 3 is 2.58 bits per heavy atom. The number of nitrogens with one attached hydrogen (secondary N) is 1. The van der Waals surface area contributed by atoms with E-state index in [9.17, 15) is 4.79 Å². The van der Waals surface area contributed by atoms with Crippen molar-refractivity contribution in [3.8, 4) is 0 Å². The number of benzene rings is 2. The molecule has 8 heteroatoms. The van der Waals surface area contributed by atoms with Gasteiger partial charge in [0.05, 0.1) is 12.0 Å². The highest BCUT2D eigenvalue weighted by Crippen LogP contribution is 2.45. The van der Waals surface area contributed by atoms with E-state index in [1.807, 2.05) is 54.1 Å². The number of amides is 2. The van der Waals surface area contributed by atoms with Gasteiger partial charge < -0.3 is 14.8 Å². The number of allylic oxidation sites excluding steroid dienone is 1. The number of hydrogen-bond donors (Lipinski definition) is 1. The number of carbonyl (C=O) groups excluding carboxylic acids is 1. The lowest BCUT2D eigenvalue weighted by Gasteiger charge is -2.36. The molecule has 2 amide bonds. The topological polar surface area (TPSA) is 63.1 Å². The van der Waals surface area contributed by atoms with Crippen LogP contribution in [0.3, 0.4) is 0 Å². The average molecular weight is 573 g/mol.